The molecule has 1 fully saturated rings. The van der Waals surface area contributed by atoms with E-state index in [2.05, 4.69) is 15.1 Å². The summed E-state index contributed by atoms with van der Waals surface area (Å²) in [4.78, 5) is 22.8. The summed E-state index contributed by atoms with van der Waals surface area (Å²) in [6.45, 7) is 1.38. The molecule has 0 radical (unpaired) electrons. The van der Waals surface area contributed by atoms with E-state index in [0.29, 0.717) is 36.3 Å². The summed E-state index contributed by atoms with van der Waals surface area (Å²) in [6.07, 6.45) is 6.99. The third-order valence-electron chi connectivity index (χ3n) is 5.22. The van der Waals surface area contributed by atoms with E-state index in [1.807, 2.05) is 17.0 Å². The fourth-order valence-corrected chi connectivity index (χ4v) is 3.59. The van der Waals surface area contributed by atoms with Gasteiger partial charge in [-0.25, -0.2) is 4.39 Å². The number of halogens is 1. The number of hydrogen-bond acceptors (Lipinski definition) is 6. The first-order valence-electron chi connectivity index (χ1n) is 10.1. The number of pyridine rings is 1. The van der Waals surface area contributed by atoms with Gasteiger partial charge < -0.3 is 14.2 Å². The lowest BCUT2D eigenvalue weighted by molar-refractivity contribution is -0.135. The Balaban J connectivity index is 1.25. The standard InChI is InChI=1S/C22H23FN4O3/c23-18-4-6-19(7-5-18)29-15-21(28)27-13-1-2-16(14-27)3-8-20-25-22(30-26-20)17-9-11-24-12-10-17/h4-7,9-12,16H,1-3,8,13-15H2. The number of likely N-dealkylation sites (tertiary alicyclic amines) is 1. The molecule has 0 spiro atoms. The first kappa shape index (κ1) is 20.0. The normalized spacial score (nSPS) is 16.4. The van der Waals surface area contributed by atoms with Crippen molar-refractivity contribution in [2.75, 3.05) is 19.7 Å². The maximum Gasteiger partial charge on any atom is 0.260 e. The summed E-state index contributed by atoms with van der Waals surface area (Å²) in [5.41, 5.74) is 0.847. The molecule has 1 aliphatic heterocycles. The molecular weight excluding hydrogens is 387 g/mol. The maximum absolute atomic E-state index is 13.0. The molecule has 1 saturated heterocycles. The molecule has 4 rings (SSSR count). The summed E-state index contributed by atoms with van der Waals surface area (Å²) in [5.74, 6) is 1.65. The first-order chi connectivity index (χ1) is 14.7. The fourth-order valence-electron chi connectivity index (χ4n) is 3.59. The van der Waals surface area contributed by atoms with Gasteiger partial charge in [0.25, 0.3) is 11.8 Å². The van der Waals surface area contributed by atoms with Gasteiger partial charge in [-0.05, 0) is 61.6 Å². The molecule has 8 heteroatoms. The molecule has 30 heavy (non-hydrogen) atoms. The predicted molar refractivity (Wildman–Crippen MR) is 107 cm³/mol. The lowest BCUT2D eigenvalue weighted by Gasteiger charge is -2.32. The van der Waals surface area contributed by atoms with Crippen LogP contribution in [0.3, 0.4) is 0 Å². The number of hydrogen-bond donors (Lipinski definition) is 0. The topological polar surface area (TPSA) is 81.4 Å². The van der Waals surface area contributed by atoms with Crippen LogP contribution in [0.4, 0.5) is 4.39 Å². The Bertz CT molecular complexity index is 962. The molecule has 1 amide bonds. The molecule has 7 nitrogen and oxygen atoms in total. The second-order valence-electron chi connectivity index (χ2n) is 7.38. The van der Waals surface area contributed by atoms with Gasteiger partial charge in [-0.3, -0.25) is 9.78 Å². The van der Waals surface area contributed by atoms with Crippen molar-refractivity contribution in [3.63, 3.8) is 0 Å². The second kappa shape index (κ2) is 9.47. The number of rotatable bonds is 7. The minimum Gasteiger partial charge on any atom is -0.484 e. The van der Waals surface area contributed by atoms with Crippen molar-refractivity contribution in [1.82, 2.24) is 20.0 Å². The van der Waals surface area contributed by atoms with Crippen LogP contribution in [0.2, 0.25) is 0 Å². The molecular formula is C22H23FN4O3. The van der Waals surface area contributed by atoms with E-state index in [4.69, 9.17) is 9.26 Å². The lowest BCUT2D eigenvalue weighted by atomic mass is 9.93. The first-order valence-corrected chi connectivity index (χ1v) is 10.1. The van der Waals surface area contributed by atoms with Gasteiger partial charge in [0.15, 0.2) is 12.4 Å². The molecule has 3 aromatic rings. The van der Waals surface area contributed by atoms with E-state index >= 15 is 0 Å². The molecule has 0 N–H and O–H groups in total. The third-order valence-corrected chi connectivity index (χ3v) is 5.22. The van der Waals surface area contributed by atoms with Gasteiger partial charge >= 0.3 is 0 Å². The van der Waals surface area contributed by atoms with Crippen molar-refractivity contribution in [2.24, 2.45) is 5.92 Å². The van der Waals surface area contributed by atoms with Crippen LogP contribution in [0.15, 0.2) is 53.3 Å². The summed E-state index contributed by atoms with van der Waals surface area (Å²) in [7, 11) is 0. The molecule has 1 unspecified atom stereocenters. The Labute approximate surface area is 173 Å². The van der Waals surface area contributed by atoms with Gasteiger partial charge in [0.2, 0.25) is 0 Å². The Morgan fingerprint density at radius 1 is 1.20 bits per heavy atom. The predicted octanol–water partition coefficient (Wildman–Crippen LogP) is 3.52. The average molecular weight is 410 g/mol. The van der Waals surface area contributed by atoms with Gasteiger partial charge in [-0.15, -0.1) is 0 Å². The second-order valence-corrected chi connectivity index (χ2v) is 7.38. The van der Waals surface area contributed by atoms with Crippen molar-refractivity contribution in [2.45, 2.75) is 25.7 Å². The van der Waals surface area contributed by atoms with Gasteiger partial charge in [0.1, 0.15) is 11.6 Å². The zero-order valence-corrected chi connectivity index (χ0v) is 16.5. The average Bonchev–Trinajstić information content (AvgIpc) is 3.27. The molecule has 0 aliphatic carbocycles. The van der Waals surface area contributed by atoms with Crippen LogP contribution in [0.25, 0.3) is 11.5 Å². The molecule has 156 valence electrons. The zero-order chi connectivity index (χ0) is 20.8. The van der Waals surface area contributed by atoms with Gasteiger partial charge in [0, 0.05) is 37.5 Å². The van der Waals surface area contributed by atoms with Crippen LogP contribution in [0.5, 0.6) is 5.75 Å². The molecule has 1 aromatic carbocycles. The highest BCUT2D eigenvalue weighted by atomic mass is 19.1. The van der Waals surface area contributed by atoms with Crippen LogP contribution < -0.4 is 4.74 Å². The van der Waals surface area contributed by atoms with Crippen molar-refractivity contribution >= 4 is 5.91 Å². The Morgan fingerprint density at radius 2 is 2.00 bits per heavy atom. The van der Waals surface area contributed by atoms with E-state index in [9.17, 15) is 9.18 Å². The monoisotopic (exact) mass is 410 g/mol. The Kier molecular flexibility index (Phi) is 6.32. The number of piperidine rings is 1. The van der Waals surface area contributed by atoms with Gasteiger partial charge in [-0.1, -0.05) is 5.16 Å². The maximum atomic E-state index is 13.0. The van der Waals surface area contributed by atoms with E-state index in [1.165, 1.54) is 24.3 Å². The number of benzene rings is 1. The van der Waals surface area contributed by atoms with Crippen molar-refractivity contribution in [3.8, 4) is 17.2 Å². The van der Waals surface area contributed by atoms with Gasteiger partial charge in [-0.2, -0.15) is 4.98 Å². The SMILES string of the molecule is O=C(COc1ccc(F)cc1)N1CCCC(CCc2noc(-c3ccncc3)n2)C1. The summed E-state index contributed by atoms with van der Waals surface area (Å²) in [5, 5.41) is 4.07. The number of aryl methyl sites for hydroxylation is 1. The number of amides is 1. The van der Waals surface area contributed by atoms with Crippen LogP contribution in [0.1, 0.15) is 25.1 Å². The molecule has 2 aromatic heterocycles. The fraction of sp³-hybridized carbons (Fsp3) is 0.364. The highest BCUT2D eigenvalue weighted by Gasteiger charge is 2.24. The van der Waals surface area contributed by atoms with E-state index in [1.54, 1.807) is 12.4 Å². The van der Waals surface area contributed by atoms with E-state index in [0.717, 1.165) is 31.4 Å². The highest BCUT2D eigenvalue weighted by molar-refractivity contribution is 5.77. The lowest BCUT2D eigenvalue weighted by Crippen LogP contribution is -2.42. The largest absolute Gasteiger partial charge is 0.484 e. The number of aromatic nitrogens is 3. The van der Waals surface area contributed by atoms with Crippen molar-refractivity contribution in [1.29, 1.82) is 0 Å². The van der Waals surface area contributed by atoms with E-state index in [-0.39, 0.29) is 18.3 Å². The quantitative estimate of drug-likeness (QED) is 0.593. The van der Waals surface area contributed by atoms with Crippen LogP contribution in [-0.2, 0) is 11.2 Å². The molecule has 0 bridgehead atoms. The molecule has 3 heterocycles. The molecule has 1 atom stereocenters. The summed E-state index contributed by atoms with van der Waals surface area (Å²) in [6, 6.07) is 9.33. The summed E-state index contributed by atoms with van der Waals surface area (Å²) >= 11 is 0. The van der Waals surface area contributed by atoms with Crippen molar-refractivity contribution < 1.29 is 18.4 Å². The minimum atomic E-state index is -0.331. The third kappa shape index (κ3) is 5.20. The van der Waals surface area contributed by atoms with Gasteiger partial charge in [0.05, 0.1) is 0 Å². The number of carbonyl (C=O) groups excluding carboxylic acids is 1. The summed E-state index contributed by atoms with van der Waals surface area (Å²) < 4.78 is 23.8. The zero-order valence-electron chi connectivity index (χ0n) is 16.5. The number of ether oxygens (including phenoxy) is 1. The molecule has 1 aliphatic rings. The van der Waals surface area contributed by atoms with Crippen LogP contribution in [-0.4, -0.2) is 45.6 Å². The smallest absolute Gasteiger partial charge is 0.260 e. The number of nitrogens with zero attached hydrogens (tertiary/aromatic N) is 4. The van der Waals surface area contributed by atoms with Crippen LogP contribution >= 0.6 is 0 Å². The molecule has 0 saturated carbocycles. The highest BCUT2D eigenvalue weighted by Crippen LogP contribution is 2.22. The number of carbonyl (C=O) groups is 1. The Morgan fingerprint density at radius 3 is 2.80 bits per heavy atom. The Hall–Kier alpha value is -3.29. The minimum absolute atomic E-state index is 0.0432. The van der Waals surface area contributed by atoms with E-state index < -0.39 is 0 Å². The van der Waals surface area contributed by atoms with Crippen LogP contribution in [0, 0.1) is 11.7 Å². The van der Waals surface area contributed by atoms with Crippen molar-refractivity contribution in [3.05, 3.63) is 60.4 Å².